The molecule has 1 amide bonds. The maximum absolute atomic E-state index is 13.3. The second kappa shape index (κ2) is 7.13. The fourth-order valence-electron chi connectivity index (χ4n) is 1.63. The third-order valence-corrected chi connectivity index (χ3v) is 2.88. The highest BCUT2D eigenvalue weighted by Gasteiger charge is 2.25. The summed E-state index contributed by atoms with van der Waals surface area (Å²) in [7, 11) is 0. The fraction of sp³-hybridized carbons (Fsp3) is 0.500. The van der Waals surface area contributed by atoms with Gasteiger partial charge in [0.05, 0.1) is 5.02 Å². The number of rotatable bonds is 4. The first-order valence-corrected chi connectivity index (χ1v) is 6.90. The summed E-state index contributed by atoms with van der Waals surface area (Å²) in [5.74, 6) is -1.31. The molecule has 1 aromatic carbocycles. The molecule has 0 saturated heterocycles. The molecule has 2 unspecified atom stereocenters. The first-order valence-electron chi connectivity index (χ1n) is 6.52. The molecule has 0 heterocycles. The summed E-state index contributed by atoms with van der Waals surface area (Å²) in [6.45, 7) is 4.66. The van der Waals surface area contributed by atoms with Gasteiger partial charge in [-0.1, -0.05) is 11.6 Å². The summed E-state index contributed by atoms with van der Waals surface area (Å²) >= 11 is 5.60. The molecule has 4 N–H and O–H groups in total. The van der Waals surface area contributed by atoms with Crippen LogP contribution in [0, 0.1) is 5.82 Å². The molecule has 1 aromatic rings. The number of benzene rings is 1. The largest absolute Gasteiger partial charge is 0.506 e. The Morgan fingerprint density at radius 1 is 1.41 bits per heavy atom. The number of hydrogen-bond donors (Lipinski definition) is 4. The van der Waals surface area contributed by atoms with E-state index in [1.54, 1.807) is 20.8 Å². The lowest BCUT2D eigenvalue weighted by Crippen LogP contribution is -2.38. The number of carbonyl (C=O) groups excluding carboxylic acids is 1. The summed E-state index contributed by atoms with van der Waals surface area (Å²) in [6.07, 6.45) is -3.90. The van der Waals surface area contributed by atoms with Gasteiger partial charge in [-0.05, 0) is 32.9 Å². The Morgan fingerprint density at radius 2 is 2.00 bits per heavy atom. The number of phenols is 1. The van der Waals surface area contributed by atoms with Crippen molar-refractivity contribution in [3.05, 3.63) is 28.5 Å². The van der Waals surface area contributed by atoms with Gasteiger partial charge in [-0.3, -0.25) is 0 Å². The van der Waals surface area contributed by atoms with Crippen molar-refractivity contribution in [1.82, 2.24) is 5.32 Å². The molecule has 0 fully saturated rings. The summed E-state index contributed by atoms with van der Waals surface area (Å²) in [6, 6.07) is 1.72. The summed E-state index contributed by atoms with van der Waals surface area (Å²) in [5.41, 5.74) is -0.981. The molecule has 0 saturated carbocycles. The van der Waals surface area contributed by atoms with Gasteiger partial charge in [-0.15, -0.1) is 0 Å². The van der Waals surface area contributed by atoms with E-state index in [1.165, 1.54) is 0 Å². The highest BCUT2D eigenvalue weighted by atomic mass is 35.5. The van der Waals surface area contributed by atoms with Crippen molar-refractivity contribution in [3.63, 3.8) is 0 Å². The van der Waals surface area contributed by atoms with Gasteiger partial charge in [0.1, 0.15) is 29.4 Å². The molecule has 0 radical (unpaired) electrons. The van der Waals surface area contributed by atoms with E-state index in [2.05, 4.69) is 5.32 Å². The maximum Gasteiger partial charge on any atom is 0.407 e. The number of alkyl carbamates (subject to hydrolysis) is 1. The molecule has 0 aliphatic rings. The quantitative estimate of drug-likeness (QED) is 0.675. The van der Waals surface area contributed by atoms with Crippen LogP contribution >= 0.6 is 11.6 Å². The highest BCUT2D eigenvalue weighted by molar-refractivity contribution is 6.32. The molecule has 0 aliphatic carbocycles. The zero-order valence-corrected chi connectivity index (χ0v) is 13.2. The topological polar surface area (TPSA) is 99.0 Å². The van der Waals surface area contributed by atoms with Gasteiger partial charge >= 0.3 is 6.09 Å². The Bertz CT molecular complexity index is 547. The number of phenolic OH excluding ortho intramolecular Hbond substituents is 1. The van der Waals surface area contributed by atoms with Crippen molar-refractivity contribution < 1.29 is 29.2 Å². The molecular weight excluding hydrogens is 317 g/mol. The number of carbonyl (C=O) groups is 1. The van der Waals surface area contributed by atoms with Crippen LogP contribution in [0.15, 0.2) is 12.1 Å². The predicted octanol–water partition coefficient (Wildman–Crippen LogP) is 2.10. The van der Waals surface area contributed by atoms with Crippen molar-refractivity contribution in [2.75, 3.05) is 6.54 Å². The summed E-state index contributed by atoms with van der Waals surface area (Å²) < 4.78 is 18.2. The van der Waals surface area contributed by atoms with Gasteiger partial charge in [-0.25, -0.2) is 9.18 Å². The molecule has 0 bridgehead atoms. The monoisotopic (exact) mass is 335 g/mol. The molecule has 8 heteroatoms. The number of nitrogens with one attached hydrogen (secondary N) is 1. The van der Waals surface area contributed by atoms with E-state index in [0.29, 0.717) is 0 Å². The summed E-state index contributed by atoms with van der Waals surface area (Å²) in [5, 5.41) is 31.4. The molecule has 124 valence electrons. The van der Waals surface area contributed by atoms with E-state index in [1.807, 2.05) is 0 Å². The van der Waals surface area contributed by atoms with E-state index in [4.69, 9.17) is 16.3 Å². The van der Waals surface area contributed by atoms with Crippen LogP contribution in [0.5, 0.6) is 5.75 Å². The fourth-order valence-corrected chi connectivity index (χ4v) is 1.85. The van der Waals surface area contributed by atoms with Crippen LogP contribution in [0.2, 0.25) is 5.02 Å². The average Bonchev–Trinajstić information content (AvgIpc) is 2.37. The van der Waals surface area contributed by atoms with E-state index in [0.717, 1.165) is 12.1 Å². The first-order chi connectivity index (χ1) is 10.0. The molecule has 6 nitrogen and oxygen atoms in total. The molecular formula is C14H19ClFNO5. The summed E-state index contributed by atoms with van der Waals surface area (Å²) in [4.78, 5) is 11.4. The van der Waals surface area contributed by atoms with Crippen LogP contribution in [-0.4, -0.2) is 39.7 Å². The van der Waals surface area contributed by atoms with Crippen LogP contribution in [0.4, 0.5) is 9.18 Å². The minimum absolute atomic E-state index is 0.275. The number of aromatic hydroxyl groups is 1. The molecule has 2 atom stereocenters. The molecule has 0 aliphatic heterocycles. The zero-order valence-electron chi connectivity index (χ0n) is 12.4. The number of aliphatic hydroxyl groups is 2. The van der Waals surface area contributed by atoms with E-state index < -0.39 is 35.5 Å². The molecule has 22 heavy (non-hydrogen) atoms. The van der Waals surface area contributed by atoms with Crippen molar-refractivity contribution in [1.29, 1.82) is 0 Å². The number of hydrogen-bond acceptors (Lipinski definition) is 5. The van der Waals surface area contributed by atoms with Crippen LogP contribution in [0.25, 0.3) is 0 Å². The van der Waals surface area contributed by atoms with Crippen LogP contribution in [0.3, 0.4) is 0 Å². The van der Waals surface area contributed by atoms with E-state index in [9.17, 15) is 24.5 Å². The molecule has 1 rings (SSSR count). The third-order valence-electron chi connectivity index (χ3n) is 2.60. The van der Waals surface area contributed by atoms with Crippen molar-refractivity contribution >= 4 is 17.7 Å². The Hall–Kier alpha value is -1.57. The van der Waals surface area contributed by atoms with Crippen LogP contribution < -0.4 is 5.32 Å². The lowest BCUT2D eigenvalue weighted by Gasteiger charge is -2.22. The van der Waals surface area contributed by atoms with Crippen molar-refractivity contribution in [2.45, 2.75) is 38.6 Å². The highest BCUT2D eigenvalue weighted by Crippen LogP contribution is 2.33. The Kier molecular flexibility index (Phi) is 5.99. The number of halogens is 2. The van der Waals surface area contributed by atoms with Gasteiger partial charge in [-0.2, -0.15) is 0 Å². The minimum atomic E-state index is -1.64. The first kappa shape index (κ1) is 18.5. The van der Waals surface area contributed by atoms with Crippen molar-refractivity contribution in [2.24, 2.45) is 0 Å². The molecule has 0 spiro atoms. The average molecular weight is 336 g/mol. The standard InChI is InChI=1S/C14H19ClFNO5/c1-14(2,3)22-13(21)17-6-10(18)12(20)8-4-7(16)5-9(15)11(8)19/h4-5,10,12,18-20H,6H2,1-3H3,(H,17,21). The van der Waals surface area contributed by atoms with Crippen LogP contribution in [0.1, 0.15) is 32.4 Å². The lowest BCUT2D eigenvalue weighted by molar-refractivity contribution is 0.0118. The normalized spacial score (nSPS) is 14.3. The zero-order chi connectivity index (χ0) is 17.1. The second-order valence-corrected chi connectivity index (χ2v) is 6.13. The lowest BCUT2D eigenvalue weighted by atomic mass is 10.0. The van der Waals surface area contributed by atoms with E-state index in [-0.39, 0.29) is 17.1 Å². The Balaban J connectivity index is 2.70. The second-order valence-electron chi connectivity index (χ2n) is 5.72. The van der Waals surface area contributed by atoms with Gasteiger partial charge < -0.3 is 25.4 Å². The SMILES string of the molecule is CC(C)(C)OC(=O)NCC(O)C(O)c1cc(F)cc(Cl)c1O. The van der Waals surface area contributed by atoms with Gasteiger partial charge in [0, 0.05) is 12.1 Å². The van der Waals surface area contributed by atoms with Crippen LogP contribution in [-0.2, 0) is 4.74 Å². The predicted molar refractivity (Wildman–Crippen MR) is 78.3 cm³/mol. The number of amides is 1. The number of aliphatic hydroxyl groups excluding tert-OH is 2. The van der Waals surface area contributed by atoms with Crippen molar-refractivity contribution in [3.8, 4) is 5.75 Å². The van der Waals surface area contributed by atoms with E-state index >= 15 is 0 Å². The van der Waals surface area contributed by atoms with Gasteiger partial charge in [0.15, 0.2) is 0 Å². The minimum Gasteiger partial charge on any atom is -0.506 e. The maximum atomic E-state index is 13.3. The molecule has 0 aromatic heterocycles. The smallest absolute Gasteiger partial charge is 0.407 e. The Labute approximate surface area is 132 Å². The third kappa shape index (κ3) is 5.32. The van der Waals surface area contributed by atoms with Gasteiger partial charge in [0.2, 0.25) is 0 Å². The number of ether oxygens (including phenoxy) is 1. The Morgan fingerprint density at radius 3 is 2.55 bits per heavy atom. The van der Waals surface area contributed by atoms with Gasteiger partial charge in [0.25, 0.3) is 0 Å².